The van der Waals surface area contributed by atoms with Crippen LogP contribution in [0.4, 0.5) is 0 Å². The summed E-state index contributed by atoms with van der Waals surface area (Å²) in [5.74, 6) is -0.538. The van der Waals surface area contributed by atoms with Crippen LogP contribution in [0.15, 0.2) is 24.3 Å². The van der Waals surface area contributed by atoms with Crippen LogP contribution in [0, 0.1) is 0 Å². The van der Waals surface area contributed by atoms with Crippen molar-refractivity contribution in [1.29, 1.82) is 0 Å². The van der Waals surface area contributed by atoms with Crippen LogP contribution in [0.5, 0.6) is 0 Å². The van der Waals surface area contributed by atoms with Crippen LogP contribution in [0.2, 0.25) is 0 Å². The van der Waals surface area contributed by atoms with Crippen LogP contribution >= 0.6 is 7.82 Å². The highest BCUT2D eigenvalue weighted by Gasteiger charge is 2.27. The zero-order valence-corrected chi connectivity index (χ0v) is 50.3. The Labute approximate surface area is 454 Å². The zero-order chi connectivity index (χ0) is 53.6. The number of phosphoric acid groups is 1. The number of ether oxygens (including phenoxy) is 1. The third-order valence-electron chi connectivity index (χ3n) is 14.4. The predicted octanol–water partition coefficient (Wildman–Crippen LogP) is 18.7. The molecule has 0 aromatic rings. The molecule has 0 aliphatic carbocycles. The Bertz CT molecular complexity index is 1300. The lowest BCUT2D eigenvalue weighted by Crippen LogP contribution is -2.47. The topological polar surface area (TPSA) is 114 Å². The fourth-order valence-corrected chi connectivity index (χ4v) is 10.2. The molecule has 10 heteroatoms. The van der Waals surface area contributed by atoms with Gasteiger partial charge >= 0.3 is 5.97 Å². The zero-order valence-electron chi connectivity index (χ0n) is 49.4. The SMILES string of the molecule is CCCC/C=C\CCCCCCCC(=O)OC(/C=C\CCCCCCCCCCC)C(COP(=O)([O-])OCC[N+](C)(C)C)NC(=O)CCCCCCCCCCCCCCCCCCCCCCCCCCC. The van der Waals surface area contributed by atoms with E-state index in [1.165, 1.54) is 199 Å². The van der Waals surface area contributed by atoms with Gasteiger partial charge in [-0.1, -0.05) is 277 Å². The molecule has 1 amide bonds. The van der Waals surface area contributed by atoms with Crippen LogP contribution in [0.25, 0.3) is 0 Å². The van der Waals surface area contributed by atoms with Crippen LogP contribution in [0.3, 0.4) is 0 Å². The number of phosphoric ester groups is 1. The maximum Gasteiger partial charge on any atom is 0.306 e. The number of carbonyl (C=O) groups excluding carboxylic acids is 2. The van der Waals surface area contributed by atoms with Crippen molar-refractivity contribution in [3.8, 4) is 0 Å². The summed E-state index contributed by atoms with van der Waals surface area (Å²) >= 11 is 0. The molecule has 0 heterocycles. The third-order valence-corrected chi connectivity index (χ3v) is 15.3. The van der Waals surface area contributed by atoms with Crippen LogP contribution < -0.4 is 10.2 Å². The van der Waals surface area contributed by atoms with Gasteiger partial charge in [0.2, 0.25) is 5.91 Å². The lowest BCUT2D eigenvalue weighted by Gasteiger charge is -2.30. The standard InChI is InChI=1S/C63H123N2O7P/c1-7-10-13-16-19-22-25-26-27-28-29-30-31-32-33-34-35-36-37-38-41-43-46-49-52-55-62(66)64-60(59-71-73(68,69)70-58-57-65(4,5)6)61(54-51-48-45-42-39-23-20-17-14-11-8-2)72-63(67)56-53-50-47-44-40-24-21-18-15-12-9-3/h18,21,51,54,60-61H,7-17,19-20,22-50,52-53,55-59H2,1-6H3,(H-,64,66,68,69)/b21-18-,54-51-. The Balaban J connectivity index is 4.97. The molecule has 3 unspecified atom stereocenters. The monoisotopic (exact) mass is 1050 g/mol. The van der Waals surface area contributed by atoms with E-state index in [0.717, 1.165) is 83.5 Å². The average molecular weight is 1050 g/mol. The number of hydrogen-bond acceptors (Lipinski definition) is 7. The van der Waals surface area contributed by atoms with Gasteiger partial charge in [0.1, 0.15) is 19.3 Å². The Morgan fingerprint density at radius 3 is 1.21 bits per heavy atom. The summed E-state index contributed by atoms with van der Waals surface area (Å²) in [7, 11) is 1.19. The number of rotatable bonds is 58. The number of allylic oxidation sites excluding steroid dienone is 3. The molecule has 0 saturated heterocycles. The minimum absolute atomic E-state index is 0.0202. The van der Waals surface area contributed by atoms with Gasteiger partial charge in [0.05, 0.1) is 33.8 Å². The summed E-state index contributed by atoms with van der Waals surface area (Å²) in [6.07, 6.45) is 63.1. The lowest BCUT2D eigenvalue weighted by molar-refractivity contribution is -0.870. The fraction of sp³-hybridized carbons (Fsp3) is 0.905. The molecule has 0 aliphatic heterocycles. The molecule has 73 heavy (non-hydrogen) atoms. The van der Waals surface area contributed by atoms with E-state index in [0.29, 0.717) is 17.4 Å². The molecule has 1 N–H and O–H groups in total. The Morgan fingerprint density at radius 2 is 0.808 bits per heavy atom. The molecule has 0 rings (SSSR count). The molecule has 0 aromatic carbocycles. The maximum absolute atomic E-state index is 13.5. The molecule has 0 radical (unpaired) electrons. The van der Waals surface area contributed by atoms with Gasteiger partial charge in [0.15, 0.2) is 0 Å². The number of likely N-dealkylation sites (N-methyl/N-ethyl adjacent to an activating group) is 1. The van der Waals surface area contributed by atoms with E-state index in [1.54, 1.807) is 0 Å². The van der Waals surface area contributed by atoms with Gasteiger partial charge in [-0.05, 0) is 51.0 Å². The number of hydrogen-bond donors (Lipinski definition) is 1. The van der Waals surface area contributed by atoms with Crippen LogP contribution in [0.1, 0.15) is 316 Å². The number of quaternary nitrogens is 1. The molecule has 0 spiro atoms. The van der Waals surface area contributed by atoms with Crippen molar-refractivity contribution in [2.75, 3.05) is 40.9 Å². The number of carbonyl (C=O) groups is 2. The molecular weight excluding hydrogens is 928 g/mol. The number of esters is 1. The van der Waals surface area contributed by atoms with Crippen molar-refractivity contribution in [2.24, 2.45) is 0 Å². The Kier molecular flexibility index (Phi) is 52.8. The Morgan fingerprint density at radius 1 is 0.466 bits per heavy atom. The molecular formula is C63H123N2O7P. The second-order valence-corrected chi connectivity index (χ2v) is 24.3. The second kappa shape index (κ2) is 53.9. The van der Waals surface area contributed by atoms with Gasteiger partial charge < -0.3 is 28.5 Å². The van der Waals surface area contributed by atoms with Gasteiger partial charge in [-0.2, -0.15) is 0 Å². The van der Waals surface area contributed by atoms with Crippen molar-refractivity contribution in [1.82, 2.24) is 5.32 Å². The Hall–Kier alpha value is -1.51. The van der Waals surface area contributed by atoms with E-state index in [9.17, 15) is 19.0 Å². The molecule has 0 aromatic heterocycles. The molecule has 0 bridgehead atoms. The summed E-state index contributed by atoms with van der Waals surface area (Å²) in [6, 6.07) is -0.885. The number of nitrogens with one attached hydrogen (secondary N) is 1. The summed E-state index contributed by atoms with van der Waals surface area (Å²) in [6.45, 7) is 6.83. The van der Waals surface area contributed by atoms with E-state index in [1.807, 2.05) is 33.3 Å². The third kappa shape index (κ3) is 55.1. The predicted molar refractivity (Wildman–Crippen MR) is 312 cm³/mol. The normalized spacial score (nSPS) is 13.8. The molecule has 9 nitrogen and oxygen atoms in total. The van der Waals surface area contributed by atoms with Crippen LogP contribution in [-0.2, 0) is 27.9 Å². The van der Waals surface area contributed by atoms with Gasteiger partial charge in [-0.3, -0.25) is 14.2 Å². The number of unbranched alkanes of at least 4 members (excludes halogenated alkanes) is 40. The second-order valence-electron chi connectivity index (χ2n) is 22.9. The summed E-state index contributed by atoms with van der Waals surface area (Å²) in [4.78, 5) is 39.9. The van der Waals surface area contributed by atoms with Crippen molar-refractivity contribution in [3.05, 3.63) is 24.3 Å². The van der Waals surface area contributed by atoms with Crippen molar-refractivity contribution >= 4 is 19.7 Å². The van der Waals surface area contributed by atoms with E-state index in [4.69, 9.17) is 13.8 Å². The summed E-state index contributed by atoms with van der Waals surface area (Å²) in [5, 5.41) is 3.03. The van der Waals surface area contributed by atoms with Gasteiger partial charge in [-0.25, -0.2) is 0 Å². The van der Waals surface area contributed by atoms with Gasteiger partial charge in [-0.15, -0.1) is 0 Å². The largest absolute Gasteiger partial charge is 0.756 e. The number of nitrogens with zero attached hydrogens (tertiary/aromatic N) is 1. The van der Waals surface area contributed by atoms with Crippen LogP contribution in [-0.4, -0.2) is 69.4 Å². The van der Waals surface area contributed by atoms with E-state index in [-0.39, 0.29) is 31.5 Å². The minimum atomic E-state index is -4.69. The van der Waals surface area contributed by atoms with Crippen molar-refractivity contribution in [3.63, 3.8) is 0 Å². The first-order chi connectivity index (χ1) is 35.4. The molecule has 3 atom stereocenters. The van der Waals surface area contributed by atoms with Gasteiger partial charge in [0.25, 0.3) is 7.82 Å². The average Bonchev–Trinajstić information content (AvgIpc) is 3.35. The van der Waals surface area contributed by atoms with Crippen molar-refractivity contribution < 1.29 is 37.3 Å². The minimum Gasteiger partial charge on any atom is -0.756 e. The molecule has 0 aliphatic rings. The van der Waals surface area contributed by atoms with E-state index < -0.39 is 20.0 Å². The molecule has 0 fully saturated rings. The highest BCUT2D eigenvalue weighted by atomic mass is 31.2. The lowest BCUT2D eigenvalue weighted by atomic mass is 10.0. The molecule has 432 valence electrons. The number of amides is 1. The van der Waals surface area contributed by atoms with E-state index >= 15 is 0 Å². The first-order valence-corrected chi connectivity index (χ1v) is 33.1. The highest BCUT2D eigenvalue weighted by molar-refractivity contribution is 7.45. The smallest absolute Gasteiger partial charge is 0.306 e. The summed E-state index contributed by atoms with van der Waals surface area (Å²) < 4.78 is 30.2. The first-order valence-electron chi connectivity index (χ1n) is 31.6. The van der Waals surface area contributed by atoms with Crippen molar-refractivity contribution in [2.45, 2.75) is 328 Å². The fourth-order valence-electron chi connectivity index (χ4n) is 9.45. The van der Waals surface area contributed by atoms with E-state index in [2.05, 4.69) is 38.2 Å². The first kappa shape index (κ1) is 71.5. The quantitative estimate of drug-likeness (QED) is 0.0212. The molecule has 0 saturated carbocycles. The summed E-state index contributed by atoms with van der Waals surface area (Å²) in [5.41, 5.74) is 0. The maximum atomic E-state index is 13.5. The highest BCUT2D eigenvalue weighted by Crippen LogP contribution is 2.38. The van der Waals surface area contributed by atoms with Gasteiger partial charge in [0, 0.05) is 12.8 Å².